The molecule has 0 unspecified atom stereocenters. The van der Waals surface area contributed by atoms with Crippen LogP contribution in [0.5, 0.6) is 0 Å². The quantitative estimate of drug-likeness (QED) is 0.833. The minimum Gasteiger partial charge on any atom is -0.462 e. The number of esters is 1. The van der Waals surface area contributed by atoms with E-state index in [0.29, 0.717) is 25.3 Å². The Hall–Kier alpha value is -1.37. The van der Waals surface area contributed by atoms with Crippen molar-refractivity contribution >= 4 is 28.9 Å². The lowest BCUT2D eigenvalue weighted by molar-refractivity contribution is 0.0524. The zero-order valence-electron chi connectivity index (χ0n) is 11.4. The Morgan fingerprint density at radius 3 is 2.95 bits per heavy atom. The standard InChI is InChI=1S/C13H16ClN3O2S/c1-3-19-13(18)10-7-16-17(2)11(10)8-15-6-9-4-5-12(14)20-9/h4-5,7,15H,3,6,8H2,1-2H3. The first kappa shape index (κ1) is 15.0. The van der Waals surface area contributed by atoms with Crippen molar-refractivity contribution in [2.45, 2.75) is 20.0 Å². The van der Waals surface area contributed by atoms with Gasteiger partial charge in [0.2, 0.25) is 0 Å². The fourth-order valence-electron chi connectivity index (χ4n) is 1.80. The fraction of sp³-hybridized carbons (Fsp3) is 0.385. The molecule has 0 saturated carbocycles. The third-order valence-electron chi connectivity index (χ3n) is 2.78. The fourth-order valence-corrected chi connectivity index (χ4v) is 2.86. The van der Waals surface area contributed by atoms with Gasteiger partial charge in [-0.25, -0.2) is 4.79 Å². The van der Waals surface area contributed by atoms with Gasteiger partial charge in [0.25, 0.3) is 0 Å². The first-order valence-electron chi connectivity index (χ1n) is 6.24. The molecular weight excluding hydrogens is 298 g/mol. The van der Waals surface area contributed by atoms with E-state index in [4.69, 9.17) is 16.3 Å². The van der Waals surface area contributed by atoms with Gasteiger partial charge >= 0.3 is 5.97 Å². The Morgan fingerprint density at radius 1 is 1.50 bits per heavy atom. The topological polar surface area (TPSA) is 56.1 Å². The second kappa shape index (κ2) is 6.88. The Bertz CT molecular complexity index is 594. The summed E-state index contributed by atoms with van der Waals surface area (Å²) in [4.78, 5) is 12.9. The van der Waals surface area contributed by atoms with Crippen molar-refractivity contribution < 1.29 is 9.53 Å². The average Bonchev–Trinajstić information content (AvgIpc) is 2.97. The van der Waals surface area contributed by atoms with E-state index >= 15 is 0 Å². The number of ether oxygens (including phenoxy) is 1. The highest BCUT2D eigenvalue weighted by molar-refractivity contribution is 7.16. The number of hydrogen-bond acceptors (Lipinski definition) is 5. The maximum Gasteiger partial charge on any atom is 0.341 e. The maximum atomic E-state index is 11.8. The van der Waals surface area contributed by atoms with Gasteiger partial charge in [0, 0.05) is 25.0 Å². The van der Waals surface area contributed by atoms with E-state index in [9.17, 15) is 4.79 Å². The van der Waals surface area contributed by atoms with E-state index < -0.39 is 0 Å². The van der Waals surface area contributed by atoms with Gasteiger partial charge in [-0.2, -0.15) is 5.10 Å². The summed E-state index contributed by atoms with van der Waals surface area (Å²) < 4.78 is 7.47. The maximum absolute atomic E-state index is 11.8. The molecule has 2 heterocycles. The van der Waals surface area contributed by atoms with Gasteiger partial charge in [0.15, 0.2) is 0 Å². The van der Waals surface area contributed by atoms with Crippen molar-refractivity contribution in [2.24, 2.45) is 7.05 Å². The molecule has 7 heteroatoms. The molecule has 1 N–H and O–H groups in total. The number of rotatable bonds is 6. The zero-order chi connectivity index (χ0) is 14.5. The molecule has 5 nitrogen and oxygen atoms in total. The number of carbonyl (C=O) groups is 1. The van der Waals surface area contributed by atoms with Crippen molar-refractivity contribution in [1.82, 2.24) is 15.1 Å². The van der Waals surface area contributed by atoms with Crippen LogP contribution in [0.3, 0.4) is 0 Å². The second-order valence-corrected chi connectivity index (χ2v) is 5.96. The van der Waals surface area contributed by atoms with Crippen molar-refractivity contribution in [3.8, 4) is 0 Å². The largest absolute Gasteiger partial charge is 0.462 e. The molecule has 20 heavy (non-hydrogen) atoms. The third-order valence-corrected chi connectivity index (χ3v) is 4.01. The average molecular weight is 314 g/mol. The molecule has 0 aromatic carbocycles. The minimum atomic E-state index is -0.337. The van der Waals surface area contributed by atoms with E-state index in [1.165, 1.54) is 17.5 Å². The Kier molecular flexibility index (Phi) is 5.17. The first-order chi connectivity index (χ1) is 9.61. The van der Waals surface area contributed by atoms with Crippen LogP contribution in [-0.2, 0) is 24.9 Å². The summed E-state index contributed by atoms with van der Waals surface area (Å²) in [6.45, 7) is 3.38. The lowest BCUT2D eigenvalue weighted by Crippen LogP contribution is -2.18. The molecule has 2 rings (SSSR count). The van der Waals surface area contributed by atoms with Crippen LogP contribution < -0.4 is 5.32 Å². The van der Waals surface area contributed by atoms with Gasteiger partial charge in [0.05, 0.1) is 22.8 Å². The molecule has 0 aliphatic heterocycles. The number of nitrogens with one attached hydrogen (secondary N) is 1. The molecule has 2 aromatic heterocycles. The monoisotopic (exact) mass is 313 g/mol. The molecule has 0 radical (unpaired) electrons. The number of thiophene rings is 1. The molecule has 0 atom stereocenters. The van der Waals surface area contributed by atoms with Crippen LogP contribution >= 0.6 is 22.9 Å². The molecule has 0 fully saturated rings. The summed E-state index contributed by atoms with van der Waals surface area (Å²) in [5.74, 6) is -0.337. The van der Waals surface area contributed by atoms with E-state index in [1.807, 2.05) is 19.2 Å². The highest BCUT2D eigenvalue weighted by atomic mass is 35.5. The van der Waals surface area contributed by atoms with Crippen LogP contribution in [0.25, 0.3) is 0 Å². The molecule has 0 aliphatic rings. The van der Waals surface area contributed by atoms with Gasteiger partial charge in [0.1, 0.15) is 5.56 Å². The van der Waals surface area contributed by atoms with E-state index in [-0.39, 0.29) is 5.97 Å². The Morgan fingerprint density at radius 2 is 2.30 bits per heavy atom. The summed E-state index contributed by atoms with van der Waals surface area (Å²) >= 11 is 7.42. The Balaban J connectivity index is 1.98. The predicted octanol–water partition coefficient (Wildman–Crippen LogP) is 2.60. The smallest absolute Gasteiger partial charge is 0.341 e. The van der Waals surface area contributed by atoms with Crippen LogP contribution in [0, 0.1) is 0 Å². The molecular formula is C13H16ClN3O2S. The number of aromatic nitrogens is 2. The summed E-state index contributed by atoms with van der Waals surface area (Å²) in [5, 5.41) is 7.39. The number of nitrogens with zero attached hydrogens (tertiary/aromatic N) is 2. The highest BCUT2D eigenvalue weighted by Crippen LogP contribution is 2.21. The lowest BCUT2D eigenvalue weighted by Gasteiger charge is -2.07. The molecule has 2 aromatic rings. The molecule has 0 aliphatic carbocycles. The van der Waals surface area contributed by atoms with Crippen molar-refractivity contribution in [2.75, 3.05) is 6.61 Å². The molecule has 108 valence electrons. The summed E-state index contributed by atoms with van der Waals surface area (Å²) in [5.41, 5.74) is 1.32. The van der Waals surface area contributed by atoms with Crippen molar-refractivity contribution in [1.29, 1.82) is 0 Å². The first-order valence-corrected chi connectivity index (χ1v) is 7.44. The van der Waals surface area contributed by atoms with Gasteiger partial charge < -0.3 is 10.1 Å². The van der Waals surface area contributed by atoms with Crippen molar-refractivity contribution in [3.63, 3.8) is 0 Å². The highest BCUT2D eigenvalue weighted by Gasteiger charge is 2.16. The van der Waals surface area contributed by atoms with E-state index in [0.717, 1.165) is 14.9 Å². The number of hydrogen-bond donors (Lipinski definition) is 1. The number of carbonyl (C=O) groups excluding carboxylic acids is 1. The lowest BCUT2D eigenvalue weighted by atomic mass is 10.2. The molecule has 0 amide bonds. The molecule has 0 bridgehead atoms. The normalized spacial score (nSPS) is 10.8. The van der Waals surface area contributed by atoms with Crippen LogP contribution in [0.15, 0.2) is 18.3 Å². The van der Waals surface area contributed by atoms with Crippen molar-refractivity contribution in [3.05, 3.63) is 38.8 Å². The van der Waals surface area contributed by atoms with E-state index in [1.54, 1.807) is 11.6 Å². The summed E-state index contributed by atoms with van der Waals surface area (Å²) in [7, 11) is 1.81. The van der Waals surface area contributed by atoms with Crippen LogP contribution in [-0.4, -0.2) is 22.4 Å². The van der Waals surface area contributed by atoms with Gasteiger partial charge in [-0.15, -0.1) is 11.3 Å². The van der Waals surface area contributed by atoms with Crippen LogP contribution in [0.4, 0.5) is 0 Å². The van der Waals surface area contributed by atoms with Gasteiger partial charge in [-0.05, 0) is 19.1 Å². The Labute approximate surface area is 126 Å². The van der Waals surface area contributed by atoms with Crippen LogP contribution in [0.1, 0.15) is 27.9 Å². The number of aryl methyl sites for hydroxylation is 1. The van der Waals surface area contributed by atoms with Crippen LogP contribution in [0.2, 0.25) is 4.34 Å². The zero-order valence-corrected chi connectivity index (χ0v) is 12.9. The summed E-state index contributed by atoms with van der Waals surface area (Å²) in [6, 6.07) is 3.85. The predicted molar refractivity (Wildman–Crippen MR) is 79.0 cm³/mol. The molecule has 0 saturated heterocycles. The molecule has 0 spiro atoms. The third kappa shape index (κ3) is 3.59. The second-order valence-electron chi connectivity index (χ2n) is 4.16. The number of halogens is 1. The SMILES string of the molecule is CCOC(=O)c1cnn(C)c1CNCc1ccc(Cl)s1. The van der Waals surface area contributed by atoms with E-state index in [2.05, 4.69) is 10.4 Å². The van der Waals surface area contributed by atoms with Gasteiger partial charge in [-0.1, -0.05) is 11.6 Å². The summed E-state index contributed by atoms with van der Waals surface area (Å²) in [6.07, 6.45) is 1.54. The van der Waals surface area contributed by atoms with Gasteiger partial charge in [-0.3, -0.25) is 4.68 Å². The minimum absolute atomic E-state index is 0.337.